The van der Waals surface area contributed by atoms with Crippen LogP contribution in [0.5, 0.6) is 17.4 Å². The topological polar surface area (TPSA) is 45.1 Å². The molecule has 0 bridgehead atoms. The number of fused-ring (bicyclic) bond motifs is 4. The minimum atomic E-state index is -0.326. The zero-order valence-electron chi connectivity index (χ0n) is 25.4. The van der Waals surface area contributed by atoms with Crippen molar-refractivity contribution in [3.8, 4) is 28.9 Å². The number of benzene rings is 3. The van der Waals surface area contributed by atoms with Gasteiger partial charge in [0.25, 0.3) is 0 Å². The molecule has 0 spiro atoms. The monoisotopic (exact) mass is 749 g/mol. The van der Waals surface area contributed by atoms with Gasteiger partial charge in [-0.1, -0.05) is 50.2 Å². The van der Waals surface area contributed by atoms with Gasteiger partial charge in [-0.05, 0) is 62.3 Å². The predicted molar refractivity (Wildman–Crippen MR) is 164 cm³/mol. The fourth-order valence-corrected chi connectivity index (χ4v) is 5.54. The van der Waals surface area contributed by atoms with E-state index in [9.17, 15) is 0 Å². The molecule has 0 fully saturated rings. The standard InChI is InChI=1S/C36H34N4O2.Pt/c1-34(2,3)24-17-18-37-32(19-24)40-30-14-9-8-13-28(30)29-16-15-27(21-31(29)40)41-26-12-10-11-25(20-26)38-22-33-39(23-38)35(4,5)36(6,7)42-33;/h8-19,22H,1-7H3;/q-2;. The van der Waals surface area contributed by atoms with Crippen molar-refractivity contribution in [3.63, 3.8) is 0 Å². The number of hydrogen-bond acceptors (Lipinski definition) is 3. The molecule has 7 rings (SSSR count). The molecule has 1 aliphatic rings. The molecule has 0 saturated carbocycles. The number of hydrogen-bond donors (Lipinski definition) is 0. The quantitative estimate of drug-likeness (QED) is 0.138. The molecule has 0 atom stereocenters. The van der Waals surface area contributed by atoms with E-state index >= 15 is 0 Å². The van der Waals surface area contributed by atoms with Crippen LogP contribution in [-0.4, -0.2) is 19.7 Å². The van der Waals surface area contributed by atoms with Crippen molar-refractivity contribution >= 4 is 21.8 Å². The molecular weight excluding hydrogens is 716 g/mol. The first-order valence-electron chi connectivity index (χ1n) is 14.3. The minimum absolute atomic E-state index is 0. The number of aromatic nitrogens is 4. The summed E-state index contributed by atoms with van der Waals surface area (Å²) in [6, 6.07) is 29.5. The Labute approximate surface area is 267 Å². The summed E-state index contributed by atoms with van der Waals surface area (Å²) in [6.45, 7) is 15.2. The van der Waals surface area contributed by atoms with Gasteiger partial charge in [0.2, 0.25) is 12.2 Å². The third-order valence-electron chi connectivity index (χ3n) is 8.69. The van der Waals surface area contributed by atoms with Crippen LogP contribution in [0.3, 0.4) is 0 Å². The van der Waals surface area contributed by atoms with Crippen LogP contribution in [0.1, 0.15) is 54.0 Å². The molecular formula is C36H34N4O2Pt-2. The molecule has 222 valence electrons. The molecule has 43 heavy (non-hydrogen) atoms. The largest absolute Gasteiger partial charge is 0.510 e. The van der Waals surface area contributed by atoms with E-state index in [1.54, 1.807) is 0 Å². The third kappa shape index (κ3) is 4.77. The summed E-state index contributed by atoms with van der Waals surface area (Å²) in [5.41, 5.74) is 3.46. The van der Waals surface area contributed by atoms with Crippen molar-refractivity contribution in [2.75, 3.05) is 0 Å². The first-order chi connectivity index (χ1) is 19.9. The average molecular weight is 750 g/mol. The number of rotatable bonds is 4. The van der Waals surface area contributed by atoms with Crippen LogP contribution in [0.2, 0.25) is 0 Å². The van der Waals surface area contributed by atoms with Crippen LogP contribution in [0.4, 0.5) is 0 Å². The first-order valence-corrected chi connectivity index (χ1v) is 14.3. The van der Waals surface area contributed by atoms with Crippen LogP contribution in [-0.2, 0) is 32.0 Å². The normalized spacial score (nSPS) is 15.2. The molecule has 3 aromatic heterocycles. The van der Waals surface area contributed by atoms with Crippen molar-refractivity contribution in [1.29, 1.82) is 0 Å². The van der Waals surface area contributed by atoms with Crippen LogP contribution in [0, 0.1) is 18.5 Å². The van der Waals surface area contributed by atoms with Crippen molar-refractivity contribution < 1.29 is 35.1 Å². The van der Waals surface area contributed by atoms with Crippen LogP contribution >= 0.6 is 0 Å². The van der Waals surface area contributed by atoms with Gasteiger partial charge in [0.15, 0.2) is 0 Å². The zero-order chi connectivity index (χ0) is 29.4. The van der Waals surface area contributed by atoms with E-state index in [0.29, 0.717) is 11.5 Å². The number of imidazole rings is 1. The van der Waals surface area contributed by atoms with E-state index in [4.69, 9.17) is 14.5 Å². The van der Waals surface area contributed by atoms with Crippen molar-refractivity contribution in [2.24, 2.45) is 0 Å². The van der Waals surface area contributed by atoms with Gasteiger partial charge in [0, 0.05) is 44.3 Å². The number of ether oxygens (including phenoxy) is 2. The Balaban J connectivity index is 0.00000329. The number of pyridine rings is 1. The predicted octanol–water partition coefficient (Wildman–Crippen LogP) is 7.65. The molecule has 0 amide bonds. The Morgan fingerprint density at radius 1 is 0.884 bits per heavy atom. The summed E-state index contributed by atoms with van der Waals surface area (Å²) in [5, 5.41) is 2.24. The van der Waals surface area contributed by atoms with Gasteiger partial charge in [0.05, 0.1) is 6.20 Å². The average Bonchev–Trinajstić information content (AvgIpc) is 3.56. The second kappa shape index (κ2) is 10.1. The SMILES string of the molecule is CC(C)(C)c1ccnc(-n2c3[c-]c(Oc4[c-]c(-n5[c-][n+]6c(c5)OC(C)(C)C6(C)C)ccc4)ccc3c3ccccc32)c1.[Pt]. The fraction of sp³-hybridized carbons (Fsp3) is 0.278. The van der Waals surface area contributed by atoms with Gasteiger partial charge in [-0.2, -0.15) is 18.2 Å². The van der Waals surface area contributed by atoms with Gasteiger partial charge in [-0.15, -0.1) is 29.7 Å². The number of para-hydroxylation sites is 1. The van der Waals surface area contributed by atoms with Crippen LogP contribution in [0.15, 0.2) is 79.1 Å². The molecule has 6 nitrogen and oxygen atoms in total. The second-order valence-corrected chi connectivity index (χ2v) is 13.0. The maximum atomic E-state index is 6.35. The van der Waals surface area contributed by atoms with E-state index in [2.05, 4.69) is 119 Å². The molecule has 1 aliphatic heterocycles. The molecule has 4 heterocycles. The molecule has 3 aromatic carbocycles. The van der Waals surface area contributed by atoms with Gasteiger partial charge in [-0.25, -0.2) is 4.98 Å². The summed E-state index contributed by atoms with van der Waals surface area (Å²) in [4.78, 5) is 4.77. The van der Waals surface area contributed by atoms with E-state index in [1.165, 1.54) is 5.56 Å². The van der Waals surface area contributed by atoms with Gasteiger partial charge < -0.3 is 18.6 Å². The Morgan fingerprint density at radius 3 is 2.42 bits per heavy atom. The van der Waals surface area contributed by atoms with Crippen molar-refractivity contribution in [3.05, 3.63) is 103 Å². The number of nitrogens with zero attached hydrogens (tertiary/aromatic N) is 4. The Morgan fingerprint density at radius 2 is 1.65 bits per heavy atom. The maximum absolute atomic E-state index is 6.35. The third-order valence-corrected chi connectivity index (χ3v) is 8.69. The summed E-state index contributed by atoms with van der Waals surface area (Å²) in [7, 11) is 0. The Bertz CT molecular complexity index is 1990. The second-order valence-electron chi connectivity index (χ2n) is 13.0. The fourth-order valence-electron chi connectivity index (χ4n) is 5.54. The van der Waals surface area contributed by atoms with Crippen molar-refractivity contribution in [1.82, 2.24) is 14.1 Å². The molecule has 0 unspecified atom stereocenters. The zero-order valence-corrected chi connectivity index (χ0v) is 27.7. The van der Waals surface area contributed by atoms with Crippen molar-refractivity contribution in [2.45, 2.75) is 65.0 Å². The molecule has 6 aromatic rings. The molecule has 0 radical (unpaired) electrons. The van der Waals surface area contributed by atoms with Gasteiger partial charge in [-0.3, -0.25) is 4.57 Å². The molecule has 0 saturated heterocycles. The van der Waals surface area contributed by atoms with Crippen LogP contribution < -0.4 is 14.0 Å². The van der Waals surface area contributed by atoms with E-state index < -0.39 is 0 Å². The van der Waals surface area contributed by atoms with E-state index in [0.717, 1.165) is 39.2 Å². The van der Waals surface area contributed by atoms with Gasteiger partial charge in [0.1, 0.15) is 17.0 Å². The van der Waals surface area contributed by atoms with Gasteiger partial charge >= 0.3 is 0 Å². The Hall–Kier alpha value is -3.89. The minimum Gasteiger partial charge on any atom is -0.510 e. The molecule has 7 heteroatoms. The van der Waals surface area contributed by atoms with E-state index in [1.807, 2.05) is 41.2 Å². The summed E-state index contributed by atoms with van der Waals surface area (Å²) in [6.07, 6.45) is 7.26. The van der Waals surface area contributed by atoms with Crippen LogP contribution in [0.25, 0.3) is 33.3 Å². The molecule has 0 N–H and O–H groups in total. The summed E-state index contributed by atoms with van der Waals surface area (Å²) in [5.74, 6) is 2.83. The molecule has 0 aliphatic carbocycles. The maximum Gasteiger partial charge on any atom is 0.245 e. The first kappa shape index (κ1) is 29.2. The smallest absolute Gasteiger partial charge is 0.245 e. The van der Waals surface area contributed by atoms with E-state index in [-0.39, 0.29) is 37.6 Å². The summed E-state index contributed by atoms with van der Waals surface area (Å²) >= 11 is 0. The Kier molecular flexibility index (Phi) is 6.85. The summed E-state index contributed by atoms with van der Waals surface area (Å²) < 4.78 is 18.7.